The van der Waals surface area contributed by atoms with E-state index in [0.717, 1.165) is 23.4 Å². The summed E-state index contributed by atoms with van der Waals surface area (Å²) in [6, 6.07) is 8.36. The van der Waals surface area contributed by atoms with Gasteiger partial charge in [0.25, 0.3) is 0 Å². The number of furan rings is 1. The lowest BCUT2D eigenvalue weighted by Gasteiger charge is -2.09. The Morgan fingerprint density at radius 1 is 1.32 bits per heavy atom. The van der Waals surface area contributed by atoms with Crippen molar-refractivity contribution in [2.24, 2.45) is 5.84 Å². The van der Waals surface area contributed by atoms with Crippen LogP contribution in [-0.2, 0) is 11.2 Å². The molecule has 2 aromatic rings. The lowest BCUT2D eigenvalue weighted by Crippen LogP contribution is -2.18. The van der Waals surface area contributed by atoms with Crippen LogP contribution in [0.25, 0.3) is 12.2 Å². The number of nitrogens with two attached hydrogens (primary N) is 1. The van der Waals surface area contributed by atoms with Gasteiger partial charge in [-0.15, -0.1) is 0 Å². The van der Waals surface area contributed by atoms with Gasteiger partial charge < -0.3 is 9.73 Å². The Hall–Kier alpha value is -2.53. The van der Waals surface area contributed by atoms with Crippen molar-refractivity contribution in [1.82, 2.24) is 5.43 Å². The highest BCUT2D eigenvalue weighted by molar-refractivity contribution is 5.77. The maximum Gasteiger partial charge on any atom is 0.221 e. The summed E-state index contributed by atoms with van der Waals surface area (Å²) < 4.78 is 5.43. The number of aryl methyl sites for hydroxylation is 2. The Balaban J connectivity index is 0.000000541. The molecule has 0 atom stereocenters. The first kappa shape index (κ1) is 17.5. The number of benzene rings is 1. The topological polar surface area (TPSA) is 80.3 Å². The van der Waals surface area contributed by atoms with Crippen LogP contribution in [0.4, 0.5) is 5.69 Å². The molecule has 0 spiro atoms. The molecule has 1 aromatic heterocycles. The van der Waals surface area contributed by atoms with Gasteiger partial charge in [0.15, 0.2) is 0 Å². The Bertz CT molecular complexity index is 596. The van der Waals surface area contributed by atoms with Crippen molar-refractivity contribution in [3.05, 3.63) is 53.0 Å². The highest BCUT2D eigenvalue weighted by atomic mass is 16.3. The fourth-order valence-electron chi connectivity index (χ4n) is 2.04. The van der Waals surface area contributed by atoms with Crippen molar-refractivity contribution >= 4 is 24.2 Å². The van der Waals surface area contributed by atoms with Gasteiger partial charge in [0.05, 0.1) is 6.26 Å². The molecule has 1 amide bonds. The van der Waals surface area contributed by atoms with Crippen LogP contribution in [-0.4, -0.2) is 13.5 Å². The monoisotopic (exact) mass is 301 g/mol. The third-order valence-corrected chi connectivity index (χ3v) is 3.08. The lowest BCUT2D eigenvalue weighted by molar-refractivity contribution is -0.109. The number of anilines is 1. The highest BCUT2D eigenvalue weighted by Gasteiger charge is 2.03. The van der Waals surface area contributed by atoms with Gasteiger partial charge in [-0.2, -0.15) is 0 Å². The molecule has 0 fully saturated rings. The molecule has 0 unspecified atom stereocenters. The van der Waals surface area contributed by atoms with Crippen molar-refractivity contribution in [3.8, 4) is 0 Å². The van der Waals surface area contributed by atoms with Gasteiger partial charge in [0, 0.05) is 18.3 Å². The SMILES string of the molecule is CCc1cccc(NC)c1/C=C/c1cc(C)co1.NNC=O. The summed E-state index contributed by atoms with van der Waals surface area (Å²) in [6.45, 7) is 4.20. The molecule has 0 aliphatic rings. The minimum absolute atomic E-state index is 0.403. The van der Waals surface area contributed by atoms with Gasteiger partial charge in [-0.3, -0.25) is 10.2 Å². The van der Waals surface area contributed by atoms with Crippen LogP contribution in [0.3, 0.4) is 0 Å². The van der Waals surface area contributed by atoms with Crippen LogP contribution in [0.15, 0.2) is 34.9 Å². The molecule has 1 aromatic carbocycles. The van der Waals surface area contributed by atoms with E-state index in [1.54, 1.807) is 11.7 Å². The van der Waals surface area contributed by atoms with E-state index in [2.05, 4.69) is 42.4 Å². The van der Waals surface area contributed by atoms with Gasteiger partial charge >= 0.3 is 0 Å². The third-order valence-electron chi connectivity index (χ3n) is 3.08. The van der Waals surface area contributed by atoms with Crippen molar-refractivity contribution in [2.45, 2.75) is 20.3 Å². The second-order valence-corrected chi connectivity index (χ2v) is 4.63. The quantitative estimate of drug-likeness (QED) is 0.343. The van der Waals surface area contributed by atoms with Gasteiger partial charge in [-0.1, -0.05) is 19.1 Å². The largest absolute Gasteiger partial charge is 0.465 e. The first-order chi connectivity index (χ1) is 10.7. The Morgan fingerprint density at radius 3 is 2.55 bits per heavy atom. The number of hydrogen-bond donors (Lipinski definition) is 3. The first-order valence-electron chi connectivity index (χ1n) is 7.08. The van der Waals surface area contributed by atoms with E-state index in [1.165, 1.54) is 11.1 Å². The molecule has 2 rings (SSSR count). The zero-order valence-corrected chi connectivity index (χ0v) is 13.2. The number of hydrogen-bond acceptors (Lipinski definition) is 4. The smallest absolute Gasteiger partial charge is 0.221 e. The summed E-state index contributed by atoms with van der Waals surface area (Å²) in [5.74, 6) is 5.30. The number of carbonyl (C=O) groups is 1. The number of rotatable bonds is 5. The predicted molar refractivity (Wildman–Crippen MR) is 91.1 cm³/mol. The van der Waals surface area contributed by atoms with E-state index in [-0.39, 0.29) is 0 Å². The van der Waals surface area contributed by atoms with E-state index in [1.807, 2.05) is 26.1 Å². The Kier molecular flexibility index (Phi) is 7.50. The van der Waals surface area contributed by atoms with Crippen molar-refractivity contribution in [1.29, 1.82) is 0 Å². The summed E-state index contributed by atoms with van der Waals surface area (Å²) in [5.41, 5.74) is 6.61. The molecule has 0 aliphatic heterocycles. The fourth-order valence-corrected chi connectivity index (χ4v) is 2.04. The molecule has 5 heteroatoms. The summed E-state index contributed by atoms with van der Waals surface area (Å²) in [7, 11) is 1.95. The number of nitrogens with one attached hydrogen (secondary N) is 2. The average Bonchev–Trinajstić information content (AvgIpc) is 2.98. The molecule has 0 saturated carbocycles. The van der Waals surface area contributed by atoms with Crippen molar-refractivity contribution in [3.63, 3.8) is 0 Å². The van der Waals surface area contributed by atoms with Crippen LogP contribution >= 0.6 is 0 Å². The first-order valence-corrected chi connectivity index (χ1v) is 7.08. The molecule has 22 heavy (non-hydrogen) atoms. The fraction of sp³-hybridized carbons (Fsp3) is 0.235. The van der Waals surface area contributed by atoms with E-state index in [4.69, 9.17) is 9.21 Å². The van der Waals surface area contributed by atoms with Crippen LogP contribution in [0, 0.1) is 6.92 Å². The lowest BCUT2D eigenvalue weighted by atomic mass is 10.0. The molecule has 1 heterocycles. The van der Waals surface area contributed by atoms with E-state index in [0.29, 0.717) is 6.41 Å². The average molecular weight is 301 g/mol. The number of carbonyl (C=O) groups excluding carboxylic acids is 1. The van der Waals surface area contributed by atoms with Crippen LogP contribution in [0.1, 0.15) is 29.4 Å². The number of amides is 1. The van der Waals surface area contributed by atoms with Crippen LogP contribution < -0.4 is 16.6 Å². The Labute approximate surface area is 131 Å². The zero-order valence-electron chi connectivity index (χ0n) is 13.2. The summed E-state index contributed by atoms with van der Waals surface area (Å²) in [6.07, 6.45) is 7.32. The van der Waals surface area contributed by atoms with Gasteiger partial charge in [0.1, 0.15) is 5.76 Å². The maximum absolute atomic E-state index is 8.94. The van der Waals surface area contributed by atoms with Crippen molar-refractivity contribution < 1.29 is 9.21 Å². The van der Waals surface area contributed by atoms with Gasteiger partial charge in [-0.05, 0) is 48.8 Å². The second kappa shape index (κ2) is 9.41. The minimum atomic E-state index is 0.403. The molecule has 0 bridgehead atoms. The van der Waals surface area contributed by atoms with Gasteiger partial charge in [-0.25, -0.2) is 5.84 Å². The molecule has 0 saturated heterocycles. The second-order valence-electron chi connectivity index (χ2n) is 4.63. The molecule has 118 valence electrons. The number of hydrazine groups is 1. The summed E-state index contributed by atoms with van der Waals surface area (Å²) >= 11 is 0. The summed E-state index contributed by atoms with van der Waals surface area (Å²) in [4.78, 5) is 8.94. The van der Waals surface area contributed by atoms with E-state index >= 15 is 0 Å². The molecule has 0 radical (unpaired) electrons. The van der Waals surface area contributed by atoms with Crippen molar-refractivity contribution in [2.75, 3.05) is 12.4 Å². The molecule has 4 N–H and O–H groups in total. The van der Waals surface area contributed by atoms with Crippen LogP contribution in [0.5, 0.6) is 0 Å². The molecular weight excluding hydrogens is 278 g/mol. The predicted octanol–water partition coefficient (Wildman–Crippen LogP) is 2.97. The van der Waals surface area contributed by atoms with Gasteiger partial charge in [0.2, 0.25) is 6.41 Å². The normalized spacial score (nSPS) is 10.0. The zero-order chi connectivity index (χ0) is 16.4. The standard InChI is InChI=1S/C16H19NO.CH4N2O/c1-4-13-6-5-7-16(17-3)15(13)9-8-14-10-12(2)11-18-14;2-3-1-4/h5-11,17H,4H2,1-3H3;1H,2H2,(H,3,4)/b9-8+;. The highest BCUT2D eigenvalue weighted by Crippen LogP contribution is 2.23. The summed E-state index contributed by atoms with van der Waals surface area (Å²) in [5, 5.41) is 3.23. The minimum Gasteiger partial charge on any atom is -0.465 e. The Morgan fingerprint density at radius 2 is 2.05 bits per heavy atom. The van der Waals surface area contributed by atoms with E-state index < -0.39 is 0 Å². The molecule has 5 nitrogen and oxygen atoms in total. The molecule has 0 aliphatic carbocycles. The third kappa shape index (κ3) is 5.10. The maximum atomic E-state index is 8.94. The van der Waals surface area contributed by atoms with E-state index in [9.17, 15) is 0 Å². The van der Waals surface area contributed by atoms with Crippen LogP contribution in [0.2, 0.25) is 0 Å². The molecular formula is C17H23N3O2.